The van der Waals surface area contributed by atoms with Gasteiger partial charge in [0, 0.05) is 30.4 Å². The van der Waals surface area contributed by atoms with E-state index in [1.165, 1.54) is 12.8 Å². The Morgan fingerprint density at radius 1 is 1.38 bits per heavy atom. The van der Waals surface area contributed by atoms with Gasteiger partial charge in [0.05, 0.1) is 16.9 Å². The van der Waals surface area contributed by atoms with Crippen molar-refractivity contribution in [3.05, 3.63) is 39.4 Å². The van der Waals surface area contributed by atoms with Crippen LogP contribution in [0.25, 0.3) is 10.9 Å². The molecule has 0 radical (unpaired) electrons. The van der Waals surface area contributed by atoms with Crippen LogP contribution in [0.2, 0.25) is 0 Å². The zero-order chi connectivity index (χ0) is 19.2. The fourth-order valence-corrected chi connectivity index (χ4v) is 3.89. The van der Waals surface area contributed by atoms with E-state index in [-0.39, 0.29) is 16.3 Å². The smallest absolute Gasteiger partial charge is 0.261 e. The van der Waals surface area contributed by atoms with Crippen molar-refractivity contribution in [2.24, 2.45) is 13.0 Å². The van der Waals surface area contributed by atoms with E-state index >= 15 is 0 Å². The maximum atomic E-state index is 12.9. The summed E-state index contributed by atoms with van der Waals surface area (Å²) in [5.41, 5.74) is 2.68. The summed E-state index contributed by atoms with van der Waals surface area (Å²) in [6.45, 7) is 9.79. The lowest BCUT2D eigenvalue weighted by molar-refractivity contribution is 0.531. The molecule has 1 heterocycles. The van der Waals surface area contributed by atoms with Crippen LogP contribution in [-0.4, -0.2) is 18.9 Å². The lowest BCUT2D eigenvalue weighted by Crippen LogP contribution is -2.40. The lowest BCUT2D eigenvalue weighted by atomic mass is 10.0. The normalized spacial score (nSPS) is 17.5. The average Bonchev–Trinajstić information content (AvgIpc) is 3.35. The average molecular weight is 376 g/mol. The standard InChI is InChI=1S/C20H29N3O2S/c1-12-9-15(13(2)22-26(25)20(3,4)5)18-16(10-12)19(24)23(6)17(21-18)11-14-7-8-14/h9-10,13-14,22H,7-8,11H2,1-6H3/t13-,26-/m1/s1. The first-order valence-corrected chi connectivity index (χ1v) is 10.4. The Morgan fingerprint density at radius 3 is 2.62 bits per heavy atom. The van der Waals surface area contributed by atoms with Gasteiger partial charge in [-0.1, -0.05) is 6.07 Å². The molecule has 1 aromatic heterocycles. The highest BCUT2D eigenvalue weighted by atomic mass is 32.2. The first-order chi connectivity index (χ1) is 12.1. The summed E-state index contributed by atoms with van der Waals surface area (Å²) in [7, 11) is 1.81. The van der Waals surface area contributed by atoms with Crippen LogP contribution in [0.3, 0.4) is 0 Å². The van der Waals surface area contributed by atoms with E-state index in [0.29, 0.717) is 11.3 Å². The first-order valence-electron chi connectivity index (χ1n) is 9.26. The molecular weight excluding hydrogens is 346 g/mol. The second-order valence-corrected chi connectivity index (χ2v) is 10.5. The fraction of sp³-hybridized carbons (Fsp3) is 0.600. The minimum absolute atomic E-state index is 0.000237. The number of benzene rings is 1. The quantitative estimate of drug-likeness (QED) is 0.814. The molecule has 1 saturated carbocycles. The third kappa shape index (κ3) is 3.97. The summed E-state index contributed by atoms with van der Waals surface area (Å²) in [6, 6.07) is 3.79. The molecular formula is C20H29N3O2S. The summed E-state index contributed by atoms with van der Waals surface area (Å²) in [5.74, 6) is 1.50. The second kappa shape index (κ2) is 6.98. The molecule has 142 valence electrons. The van der Waals surface area contributed by atoms with Crippen LogP contribution in [0.1, 0.15) is 63.5 Å². The summed E-state index contributed by atoms with van der Waals surface area (Å²) < 4.78 is 17.0. The molecule has 0 bridgehead atoms. The molecule has 0 saturated heterocycles. The van der Waals surface area contributed by atoms with Gasteiger partial charge in [0.1, 0.15) is 10.6 Å². The molecule has 2 aromatic rings. The summed E-state index contributed by atoms with van der Waals surface area (Å²) in [6.07, 6.45) is 3.29. The van der Waals surface area contributed by atoms with Crippen molar-refractivity contribution in [1.82, 2.24) is 14.3 Å². The van der Waals surface area contributed by atoms with Crippen LogP contribution in [0.4, 0.5) is 0 Å². The number of aryl methyl sites for hydroxylation is 1. The molecule has 1 aromatic carbocycles. The van der Waals surface area contributed by atoms with E-state index in [1.807, 2.05) is 53.8 Å². The SMILES string of the molecule is Cc1cc([C@@H](C)N[S@+]([O-])C(C)(C)C)c2nc(CC3CC3)n(C)c(=O)c2c1. The van der Waals surface area contributed by atoms with Gasteiger partial charge >= 0.3 is 0 Å². The van der Waals surface area contributed by atoms with Crippen LogP contribution in [0, 0.1) is 12.8 Å². The molecule has 26 heavy (non-hydrogen) atoms. The maximum Gasteiger partial charge on any atom is 0.261 e. The van der Waals surface area contributed by atoms with E-state index in [4.69, 9.17) is 4.98 Å². The van der Waals surface area contributed by atoms with Gasteiger partial charge in [-0.15, -0.1) is 4.72 Å². The molecule has 0 amide bonds. The fourth-order valence-electron chi connectivity index (χ4n) is 3.09. The maximum absolute atomic E-state index is 12.9. The Bertz CT molecular complexity index is 881. The molecule has 0 spiro atoms. The molecule has 6 heteroatoms. The third-order valence-electron chi connectivity index (χ3n) is 4.92. The number of nitrogens with one attached hydrogen (secondary N) is 1. The molecule has 5 nitrogen and oxygen atoms in total. The minimum atomic E-state index is -1.19. The number of nitrogens with zero attached hydrogens (tertiary/aromatic N) is 2. The second-order valence-electron chi connectivity index (χ2n) is 8.51. The van der Waals surface area contributed by atoms with Crippen molar-refractivity contribution in [3.63, 3.8) is 0 Å². The van der Waals surface area contributed by atoms with Crippen molar-refractivity contribution in [3.8, 4) is 0 Å². The molecule has 2 atom stereocenters. The van der Waals surface area contributed by atoms with E-state index < -0.39 is 11.4 Å². The summed E-state index contributed by atoms with van der Waals surface area (Å²) >= 11 is -1.19. The van der Waals surface area contributed by atoms with E-state index in [0.717, 1.165) is 28.9 Å². The number of rotatable bonds is 5. The van der Waals surface area contributed by atoms with Gasteiger partial charge in [-0.25, -0.2) is 4.98 Å². The van der Waals surface area contributed by atoms with E-state index in [9.17, 15) is 9.35 Å². The van der Waals surface area contributed by atoms with Crippen molar-refractivity contribution in [2.75, 3.05) is 0 Å². The van der Waals surface area contributed by atoms with Crippen molar-refractivity contribution in [1.29, 1.82) is 0 Å². The Morgan fingerprint density at radius 2 is 2.04 bits per heavy atom. The lowest BCUT2D eigenvalue weighted by Gasteiger charge is -2.27. The Labute approximate surface area is 158 Å². The Kier molecular flexibility index (Phi) is 5.21. The van der Waals surface area contributed by atoms with Crippen LogP contribution in [-0.2, 0) is 24.8 Å². The molecule has 3 rings (SSSR count). The molecule has 1 aliphatic rings. The number of fused-ring (bicyclic) bond motifs is 1. The van der Waals surface area contributed by atoms with Gasteiger partial charge in [0.2, 0.25) is 0 Å². The zero-order valence-electron chi connectivity index (χ0n) is 16.5. The van der Waals surface area contributed by atoms with Crippen LogP contribution >= 0.6 is 0 Å². The van der Waals surface area contributed by atoms with Crippen molar-refractivity contribution >= 4 is 22.3 Å². The van der Waals surface area contributed by atoms with Crippen LogP contribution in [0.15, 0.2) is 16.9 Å². The van der Waals surface area contributed by atoms with Gasteiger partial charge in [-0.2, -0.15) is 0 Å². The van der Waals surface area contributed by atoms with Crippen molar-refractivity contribution < 1.29 is 4.55 Å². The van der Waals surface area contributed by atoms with Crippen LogP contribution < -0.4 is 10.3 Å². The third-order valence-corrected chi connectivity index (χ3v) is 6.60. The van der Waals surface area contributed by atoms with Crippen LogP contribution in [0.5, 0.6) is 0 Å². The van der Waals surface area contributed by atoms with Gasteiger partial charge in [-0.3, -0.25) is 9.36 Å². The predicted molar refractivity (Wildman–Crippen MR) is 108 cm³/mol. The topological polar surface area (TPSA) is 70.0 Å². The number of hydrogen-bond donors (Lipinski definition) is 1. The number of aromatic nitrogens is 2. The highest BCUT2D eigenvalue weighted by Gasteiger charge is 2.30. The van der Waals surface area contributed by atoms with E-state index in [2.05, 4.69) is 4.72 Å². The number of hydrogen-bond acceptors (Lipinski definition) is 4. The molecule has 0 aliphatic heterocycles. The molecule has 1 aliphatic carbocycles. The summed E-state index contributed by atoms with van der Waals surface area (Å²) in [4.78, 5) is 17.8. The zero-order valence-corrected chi connectivity index (χ0v) is 17.4. The predicted octanol–water partition coefficient (Wildman–Crippen LogP) is 3.31. The largest absolute Gasteiger partial charge is 0.598 e. The summed E-state index contributed by atoms with van der Waals surface area (Å²) in [5, 5.41) is 0.636. The van der Waals surface area contributed by atoms with Gasteiger partial charge in [0.25, 0.3) is 5.56 Å². The van der Waals surface area contributed by atoms with Gasteiger partial charge < -0.3 is 4.55 Å². The van der Waals surface area contributed by atoms with Gasteiger partial charge in [0.15, 0.2) is 0 Å². The van der Waals surface area contributed by atoms with E-state index in [1.54, 1.807) is 4.57 Å². The Hall–Kier alpha value is -1.37. The molecule has 1 N–H and O–H groups in total. The highest BCUT2D eigenvalue weighted by Crippen LogP contribution is 2.32. The monoisotopic (exact) mass is 375 g/mol. The minimum Gasteiger partial charge on any atom is -0.598 e. The first kappa shape index (κ1) is 19.4. The molecule has 0 unspecified atom stereocenters. The molecule has 1 fully saturated rings. The van der Waals surface area contributed by atoms with Crippen molar-refractivity contribution in [2.45, 2.75) is 64.7 Å². The Balaban J connectivity index is 2.08. The van der Waals surface area contributed by atoms with Gasteiger partial charge in [-0.05, 0) is 65.0 Å². The highest BCUT2D eigenvalue weighted by molar-refractivity contribution is 7.90.